The van der Waals surface area contributed by atoms with E-state index < -0.39 is 0 Å². The van der Waals surface area contributed by atoms with Gasteiger partial charge in [-0.05, 0) is 42.7 Å². The molecule has 0 amide bonds. The molecule has 2 heteroatoms. The number of benzene rings is 1. The van der Waals surface area contributed by atoms with Crippen molar-refractivity contribution in [1.82, 2.24) is 0 Å². The highest BCUT2D eigenvalue weighted by atomic mass is 16.5. The Hall–Kier alpha value is -1.57. The topological polar surface area (TPSA) is 26.3 Å². The van der Waals surface area contributed by atoms with Crippen molar-refractivity contribution in [3.8, 4) is 5.75 Å². The minimum atomic E-state index is -0.243. The number of carbonyl (C=O) groups excluding carboxylic acids is 1. The molecule has 1 aromatic carbocycles. The molecule has 2 atom stereocenters. The van der Waals surface area contributed by atoms with Gasteiger partial charge in [-0.15, -0.1) is 0 Å². The molecule has 106 valence electrons. The number of carbonyl (C=O) groups is 1. The van der Waals surface area contributed by atoms with Crippen LogP contribution >= 0.6 is 0 Å². The third-order valence-corrected chi connectivity index (χ3v) is 4.77. The second kappa shape index (κ2) is 5.82. The lowest BCUT2D eigenvalue weighted by molar-refractivity contribution is -0.130. The largest absolute Gasteiger partial charge is 0.423 e. The lowest BCUT2D eigenvalue weighted by Crippen LogP contribution is -2.12. The summed E-state index contributed by atoms with van der Waals surface area (Å²) in [4.78, 5) is 12.2. The Kier molecular flexibility index (Phi) is 3.90. The van der Waals surface area contributed by atoms with E-state index in [2.05, 4.69) is 6.58 Å². The van der Waals surface area contributed by atoms with Gasteiger partial charge in [-0.3, -0.25) is 0 Å². The van der Waals surface area contributed by atoms with Crippen molar-refractivity contribution in [2.24, 2.45) is 17.8 Å². The molecule has 2 aliphatic rings. The fourth-order valence-electron chi connectivity index (χ4n) is 3.66. The molecule has 2 unspecified atom stereocenters. The molecule has 3 rings (SSSR count). The number of rotatable bonds is 3. The van der Waals surface area contributed by atoms with Crippen molar-refractivity contribution in [3.05, 3.63) is 42.5 Å². The van der Waals surface area contributed by atoms with Crippen LogP contribution in [-0.4, -0.2) is 5.97 Å². The van der Waals surface area contributed by atoms with Gasteiger partial charge in [0.1, 0.15) is 5.75 Å². The second-order valence-corrected chi connectivity index (χ2v) is 6.07. The summed E-state index contributed by atoms with van der Waals surface area (Å²) in [7, 11) is 0. The standard InChI is InChI=1S/C18H22O2/c1-13(18(19)20-14-9-5-4-6-10-14)17-15-11-7-2-3-8-12-16(15)17/h4-6,9-10,15-17H,1-3,7-8,11-12H2. The molecule has 0 radical (unpaired) electrons. The fourth-order valence-corrected chi connectivity index (χ4v) is 3.66. The van der Waals surface area contributed by atoms with Crippen molar-refractivity contribution in [2.75, 3.05) is 0 Å². The van der Waals surface area contributed by atoms with E-state index in [9.17, 15) is 4.79 Å². The zero-order valence-corrected chi connectivity index (χ0v) is 11.9. The number of esters is 1. The highest BCUT2D eigenvalue weighted by Crippen LogP contribution is 2.56. The third-order valence-electron chi connectivity index (χ3n) is 4.77. The minimum absolute atomic E-state index is 0.243. The van der Waals surface area contributed by atoms with Gasteiger partial charge in [0.15, 0.2) is 0 Å². The molecule has 0 N–H and O–H groups in total. The molecule has 2 fully saturated rings. The van der Waals surface area contributed by atoms with E-state index in [-0.39, 0.29) is 5.97 Å². The van der Waals surface area contributed by atoms with Crippen LogP contribution in [0.3, 0.4) is 0 Å². The van der Waals surface area contributed by atoms with Gasteiger partial charge < -0.3 is 4.74 Å². The van der Waals surface area contributed by atoms with Gasteiger partial charge in [0.2, 0.25) is 0 Å². The first-order chi connectivity index (χ1) is 9.77. The minimum Gasteiger partial charge on any atom is -0.423 e. The van der Waals surface area contributed by atoms with E-state index in [1.165, 1.54) is 38.5 Å². The first-order valence-electron chi connectivity index (χ1n) is 7.73. The van der Waals surface area contributed by atoms with Gasteiger partial charge >= 0.3 is 5.97 Å². The Morgan fingerprint density at radius 3 is 2.20 bits per heavy atom. The second-order valence-electron chi connectivity index (χ2n) is 6.07. The predicted octanol–water partition coefficient (Wildman–Crippen LogP) is 4.36. The maximum atomic E-state index is 12.2. The van der Waals surface area contributed by atoms with Crippen molar-refractivity contribution < 1.29 is 9.53 Å². The van der Waals surface area contributed by atoms with Crippen LogP contribution in [0, 0.1) is 17.8 Å². The van der Waals surface area contributed by atoms with Crippen LogP contribution in [0.2, 0.25) is 0 Å². The van der Waals surface area contributed by atoms with E-state index >= 15 is 0 Å². The van der Waals surface area contributed by atoms with Crippen LogP contribution in [0.15, 0.2) is 42.5 Å². The zero-order chi connectivity index (χ0) is 13.9. The summed E-state index contributed by atoms with van der Waals surface area (Å²) in [6, 6.07) is 9.27. The van der Waals surface area contributed by atoms with E-state index in [0.29, 0.717) is 29.1 Å². The summed E-state index contributed by atoms with van der Waals surface area (Å²) >= 11 is 0. The highest BCUT2D eigenvalue weighted by molar-refractivity contribution is 5.90. The lowest BCUT2D eigenvalue weighted by Gasteiger charge is -2.06. The summed E-state index contributed by atoms with van der Waals surface area (Å²) in [5.74, 6) is 2.12. The van der Waals surface area contributed by atoms with Gasteiger partial charge in [0.25, 0.3) is 0 Å². The average molecular weight is 270 g/mol. The van der Waals surface area contributed by atoms with Gasteiger partial charge in [-0.2, -0.15) is 0 Å². The Morgan fingerprint density at radius 2 is 1.60 bits per heavy atom. The number of hydrogen-bond acceptors (Lipinski definition) is 2. The lowest BCUT2D eigenvalue weighted by atomic mass is 10.0. The van der Waals surface area contributed by atoms with Crippen LogP contribution in [0.25, 0.3) is 0 Å². The van der Waals surface area contributed by atoms with Gasteiger partial charge in [0, 0.05) is 5.57 Å². The molecule has 2 saturated carbocycles. The summed E-state index contributed by atoms with van der Waals surface area (Å²) in [6.07, 6.45) is 7.81. The Labute approximate surface area is 120 Å². The molecule has 0 spiro atoms. The van der Waals surface area contributed by atoms with Gasteiger partial charge in [-0.25, -0.2) is 4.79 Å². The predicted molar refractivity (Wildman–Crippen MR) is 79.4 cm³/mol. The van der Waals surface area contributed by atoms with Crippen molar-refractivity contribution in [1.29, 1.82) is 0 Å². The molecule has 2 nitrogen and oxygen atoms in total. The number of fused-ring (bicyclic) bond motifs is 1. The van der Waals surface area contributed by atoms with Crippen molar-refractivity contribution in [3.63, 3.8) is 0 Å². The van der Waals surface area contributed by atoms with Gasteiger partial charge in [0.05, 0.1) is 0 Å². The normalized spacial score (nSPS) is 28.7. The average Bonchev–Trinajstić information content (AvgIpc) is 3.10. The Bertz CT molecular complexity index is 477. The smallest absolute Gasteiger partial charge is 0.339 e. The molecule has 0 bridgehead atoms. The summed E-state index contributed by atoms with van der Waals surface area (Å²) in [5.41, 5.74) is 0.686. The van der Waals surface area contributed by atoms with E-state index in [1.807, 2.05) is 18.2 Å². The summed E-state index contributed by atoms with van der Waals surface area (Å²) < 4.78 is 5.41. The molecule has 0 saturated heterocycles. The molecular formula is C18H22O2. The zero-order valence-electron chi connectivity index (χ0n) is 11.9. The van der Waals surface area contributed by atoms with Gasteiger partial charge in [-0.1, -0.05) is 50.5 Å². The molecule has 0 aliphatic heterocycles. The van der Waals surface area contributed by atoms with Crippen LogP contribution < -0.4 is 4.74 Å². The fraction of sp³-hybridized carbons (Fsp3) is 0.500. The maximum absolute atomic E-state index is 12.2. The number of hydrogen-bond donors (Lipinski definition) is 0. The van der Waals surface area contributed by atoms with E-state index in [4.69, 9.17) is 4.74 Å². The van der Waals surface area contributed by atoms with Crippen LogP contribution in [0.4, 0.5) is 0 Å². The molecule has 1 aromatic rings. The molecular weight excluding hydrogens is 248 g/mol. The highest BCUT2D eigenvalue weighted by Gasteiger charge is 2.52. The maximum Gasteiger partial charge on any atom is 0.339 e. The molecule has 20 heavy (non-hydrogen) atoms. The van der Waals surface area contributed by atoms with Crippen molar-refractivity contribution >= 4 is 5.97 Å². The Balaban J connectivity index is 1.60. The van der Waals surface area contributed by atoms with E-state index in [0.717, 1.165) is 0 Å². The van der Waals surface area contributed by atoms with Crippen LogP contribution in [-0.2, 0) is 4.79 Å². The third kappa shape index (κ3) is 2.79. The Morgan fingerprint density at radius 1 is 1.00 bits per heavy atom. The SMILES string of the molecule is C=C(C(=O)Oc1ccccc1)C1C2CCCCCCC21. The monoisotopic (exact) mass is 270 g/mol. The summed E-state index contributed by atoms with van der Waals surface area (Å²) in [5, 5.41) is 0. The van der Waals surface area contributed by atoms with Crippen LogP contribution in [0.5, 0.6) is 5.75 Å². The van der Waals surface area contributed by atoms with E-state index in [1.54, 1.807) is 12.1 Å². The summed E-state index contributed by atoms with van der Waals surface area (Å²) in [6.45, 7) is 4.02. The first kappa shape index (κ1) is 13.4. The van der Waals surface area contributed by atoms with Crippen molar-refractivity contribution in [2.45, 2.75) is 38.5 Å². The quantitative estimate of drug-likeness (QED) is 0.463. The molecule has 0 heterocycles. The number of para-hydroxylation sites is 1. The molecule has 2 aliphatic carbocycles. The number of ether oxygens (including phenoxy) is 1. The first-order valence-corrected chi connectivity index (χ1v) is 7.73. The van der Waals surface area contributed by atoms with Crippen LogP contribution in [0.1, 0.15) is 38.5 Å². The molecule has 0 aromatic heterocycles.